The molecule has 0 radical (unpaired) electrons. The molecule has 7 heteroatoms. The fraction of sp³-hybridized carbons (Fsp3) is 0.300. The molecule has 1 amide bonds. The van der Waals surface area contributed by atoms with Crippen LogP contribution < -0.4 is 5.32 Å². The fourth-order valence-corrected chi connectivity index (χ4v) is 3.06. The zero-order chi connectivity index (χ0) is 19.4. The monoisotopic (exact) mass is 374 g/mol. The topological polar surface area (TPSA) is 66.0 Å². The number of furan rings is 1. The zero-order valence-electron chi connectivity index (χ0n) is 14.3. The third kappa shape index (κ3) is 4.59. The van der Waals surface area contributed by atoms with E-state index >= 15 is 0 Å². The Bertz CT molecular complexity index is 900. The second-order valence-corrected chi connectivity index (χ2v) is 6.41. The lowest BCUT2D eigenvalue weighted by atomic mass is 10.1. The van der Waals surface area contributed by atoms with Crippen molar-refractivity contribution in [3.05, 3.63) is 53.3 Å². The molecule has 0 unspecified atom stereocenters. The molecule has 1 heterocycles. The van der Waals surface area contributed by atoms with Gasteiger partial charge in [-0.05, 0) is 37.1 Å². The van der Waals surface area contributed by atoms with Gasteiger partial charge in [0.05, 0.1) is 5.56 Å². The van der Waals surface area contributed by atoms with E-state index < -0.39 is 17.6 Å². The van der Waals surface area contributed by atoms with Crippen molar-refractivity contribution in [2.45, 2.75) is 37.9 Å². The predicted octanol–water partition coefficient (Wildman–Crippen LogP) is 4.93. The molecule has 1 aliphatic carbocycles. The molecule has 1 fully saturated rings. The Morgan fingerprint density at radius 1 is 1.22 bits per heavy atom. The van der Waals surface area contributed by atoms with Crippen LogP contribution in [-0.4, -0.2) is 11.9 Å². The maximum Gasteiger partial charge on any atom is 0.416 e. The number of amides is 1. The summed E-state index contributed by atoms with van der Waals surface area (Å²) >= 11 is 0. The van der Waals surface area contributed by atoms with Gasteiger partial charge in [0.2, 0.25) is 0 Å². The quantitative estimate of drug-likeness (QED) is 0.609. The third-order valence-corrected chi connectivity index (χ3v) is 4.44. The first kappa shape index (κ1) is 18.8. The third-order valence-electron chi connectivity index (χ3n) is 4.44. The van der Waals surface area contributed by atoms with Crippen LogP contribution in [0.5, 0.6) is 0 Å². The molecule has 2 aromatic rings. The van der Waals surface area contributed by atoms with Gasteiger partial charge in [-0.2, -0.15) is 18.4 Å². The fourth-order valence-electron chi connectivity index (χ4n) is 3.06. The van der Waals surface area contributed by atoms with Crippen molar-refractivity contribution in [3.8, 4) is 17.4 Å². The Morgan fingerprint density at radius 3 is 2.63 bits per heavy atom. The molecule has 0 bridgehead atoms. The number of hydrogen-bond donors (Lipinski definition) is 1. The molecule has 3 rings (SSSR count). The van der Waals surface area contributed by atoms with Gasteiger partial charge in [0.1, 0.15) is 23.2 Å². The Balaban J connectivity index is 1.79. The molecule has 1 aromatic carbocycles. The van der Waals surface area contributed by atoms with Crippen molar-refractivity contribution in [1.29, 1.82) is 5.26 Å². The number of nitrogens with one attached hydrogen (secondary N) is 1. The molecule has 0 spiro atoms. The van der Waals surface area contributed by atoms with Crippen LogP contribution in [0, 0.1) is 11.3 Å². The van der Waals surface area contributed by atoms with Gasteiger partial charge in [-0.1, -0.05) is 25.0 Å². The minimum absolute atomic E-state index is 0.0755. The van der Waals surface area contributed by atoms with Crippen LogP contribution in [0.25, 0.3) is 17.4 Å². The second-order valence-electron chi connectivity index (χ2n) is 6.41. The van der Waals surface area contributed by atoms with Gasteiger partial charge in [0.15, 0.2) is 0 Å². The van der Waals surface area contributed by atoms with Crippen molar-refractivity contribution in [2.75, 3.05) is 0 Å². The van der Waals surface area contributed by atoms with E-state index in [2.05, 4.69) is 5.32 Å². The highest BCUT2D eigenvalue weighted by Gasteiger charge is 2.30. The number of hydrogen-bond acceptors (Lipinski definition) is 3. The van der Waals surface area contributed by atoms with Crippen molar-refractivity contribution in [3.63, 3.8) is 0 Å². The summed E-state index contributed by atoms with van der Waals surface area (Å²) in [5.41, 5.74) is -0.618. The van der Waals surface area contributed by atoms with Crippen molar-refractivity contribution < 1.29 is 22.4 Å². The van der Waals surface area contributed by atoms with E-state index in [0.717, 1.165) is 37.8 Å². The molecule has 1 N–H and O–H groups in total. The second kappa shape index (κ2) is 7.70. The lowest BCUT2D eigenvalue weighted by molar-refractivity contribution is -0.137. The van der Waals surface area contributed by atoms with E-state index in [4.69, 9.17) is 4.42 Å². The highest BCUT2D eigenvalue weighted by atomic mass is 19.4. The highest BCUT2D eigenvalue weighted by molar-refractivity contribution is 6.01. The number of nitriles is 1. The van der Waals surface area contributed by atoms with E-state index in [-0.39, 0.29) is 28.7 Å². The first-order chi connectivity index (χ1) is 12.9. The normalized spacial score (nSPS) is 15.6. The lowest BCUT2D eigenvalue weighted by Crippen LogP contribution is -2.33. The number of rotatable bonds is 4. The number of nitrogens with zero attached hydrogens (tertiary/aromatic N) is 1. The Kier molecular flexibility index (Phi) is 5.36. The molecule has 0 aliphatic heterocycles. The van der Waals surface area contributed by atoms with Gasteiger partial charge in [-0.3, -0.25) is 4.79 Å². The molecule has 0 atom stereocenters. The van der Waals surface area contributed by atoms with Crippen molar-refractivity contribution in [1.82, 2.24) is 5.32 Å². The molecule has 0 saturated heterocycles. The highest BCUT2D eigenvalue weighted by Crippen LogP contribution is 2.32. The molecule has 1 aliphatic rings. The number of alkyl halides is 3. The predicted molar refractivity (Wildman–Crippen MR) is 93.1 cm³/mol. The first-order valence-corrected chi connectivity index (χ1v) is 8.57. The maximum atomic E-state index is 12.8. The number of carbonyl (C=O) groups excluding carboxylic acids is 1. The first-order valence-electron chi connectivity index (χ1n) is 8.57. The summed E-state index contributed by atoms with van der Waals surface area (Å²) in [5.74, 6) is -0.0252. The van der Waals surface area contributed by atoms with Gasteiger partial charge < -0.3 is 9.73 Å². The van der Waals surface area contributed by atoms with Crippen LogP contribution >= 0.6 is 0 Å². The Hall–Kier alpha value is -3.01. The minimum atomic E-state index is -4.45. The Labute approximate surface area is 154 Å². The summed E-state index contributed by atoms with van der Waals surface area (Å²) in [6.07, 6.45) is 0.735. The number of halogens is 3. The molecule has 4 nitrogen and oxygen atoms in total. The van der Waals surface area contributed by atoms with Crippen LogP contribution in [0.4, 0.5) is 13.2 Å². The van der Waals surface area contributed by atoms with E-state index in [1.165, 1.54) is 30.3 Å². The molecule has 140 valence electrons. The number of benzene rings is 1. The van der Waals surface area contributed by atoms with Crippen LogP contribution in [-0.2, 0) is 11.0 Å². The Morgan fingerprint density at radius 2 is 1.96 bits per heavy atom. The summed E-state index contributed by atoms with van der Waals surface area (Å²) < 4.78 is 44.0. The van der Waals surface area contributed by atoms with E-state index in [0.29, 0.717) is 0 Å². The molecular formula is C20H17F3N2O2. The van der Waals surface area contributed by atoms with Crippen LogP contribution in [0.1, 0.15) is 37.0 Å². The SMILES string of the molecule is N#C/C(=C/c1ccc(-c2cccc(C(F)(F)F)c2)o1)C(=O)NC1CCCC1. The molecule has 1 aromatic heterocycles. The molecular weight excluding hydrogens is 357 g/mol. The average molecular weight is 374 g/mol. The van der Waals surface area contributed by atoms with Gasteiger partial charge in [0, 0.05) is 17.7 Å². The van der Waals surface area contributed by atoms with Crippen molar-refractivity contribution in [2.24, 2.45) is 0 Å². The van der Waals surface area contributed by atoms with Crippen LogP contribution in [0.15, 0.2) is 46.4 Å². The number of carbonyl (C=O) groups is 1. The van der Waals surface area contributed by atoms with Crippen molar-refractivity contribution >= 4 is 12.0 Å². The van der Waals surface area contributed by atoms with E-state index in [1.54, 1.807) is 0 Å². The van der Waals surface area contributed by atoms with Crippen LogP contribution in [0.2, 0.25) is 0 Å². The summed E-state index contributed by atoms with van der Waals surface area (Å²) in [5, 5.41) is 12.1. The lowest BCUT2D eigenvalue weighted by Gasteiger charge is -2.10. The van der Waals surface area contributed by atoms with Gasteiger partial charge in [0.25, 0.3) is 5.91 Å². The largest absolute Gasteiger partial charge is 0.457 e. The van der Waals surface area contributed by atoms with Gasteiger partial charge in [-0.25, -0.2) is 0 Å². The van der Waals surface area contributed by atoms with Crippen LogP contribution in [0.3, 0.4) is 0 Å². The van der Waals surface area contributed by atoms with E-state index in [9.17, 15) is 23.2 Å². The molecule has 1 saturated carbocycles. The smallest absolute Gasteiger partial charge is 0.416 e. The van der Waals surface area contributed by atoms with E-state index in [1.807, 2.05) is 6.07 Å². The molecule has 27 heavy (non-hydrogen) atoms. The van der Waals surface area contributed by atoms with Gasteiger partial charge >= 0.3 is 6.18 Å². The van der Waals surface area contributed by atoms with Gasteiger partial charge in [-0.15, -0.1) is 0 Å². The summed E-state index contributed by atoms with van der Waals surface area (Å²) in [4.78, 5) is 12.2. The summed E-state index contributed by atoms with van der Waals surface area (Å²) in [7, 11) is 0. The zero-order valence-corrected chi connectivity index (χ0v) is 14.3. The average Bonchev–Trinajstić information content (AvgIpc) is 3.31. The maximum absolute atomic E-state index is 12.8. The summed E-state index contributed by atoms with van der Waals surface area (Å²) in [6, 6.07) is 9.70. The summed E-state index contributed by atoms with van der Waals surface area (Å²) in [6.45, 7) is 0. The minimum Gasteiger partial charge on any atom is -0.457 e. The standard InChI is InChI=1S/C20H17F3N2O2/c21-20(22,23)15-5-3-4-13(10-15)18-9-8-17(27-18)11-14(12-24)19(26)25-16-6-1-2-7-16/h3-5,8-11,16H,1-2,6-7H2,(H,25,26)/b14-11-.